The van der Waals surface area contributed by atoms with Gasteiger partial charge in [-0.05, 0) is 12.8 Å². The van der Waals surface area contributed by atoms with Gasteiger partial charge < -0.3 is 4.98 Å². The minimum Gasteiger partial charge on any atom is -0.301 e. The summed E-state index contributed by atoms with van der Waals surface area (Å²) in [6, 6.07) is 11.4. The zero-order valence-corrected chi connectivity index (χ0v) is 11.5. The van der Waals surface area contributed by atoms with Crippen LogP contribution in [0.3, 0.4) is 0 Å². The van der Waals surface area contributed by atoms with Crippen LogP contribution >= 0.6 is 11.8 Å². The maximum absolute atomic E-state index is 11.7. The first-order valence-corrected chi connectivity index (χ1v) is 7.53. The first-order chi connectivity index (χ1) is 9.31. The Labute approximate surface area is 116 Å². The second kappa shape index (κ2) is 5.61. The molecule has 1 fully saturated rings. The monoisotopic (exact) mass is 272 g/mol. The van der Waals surface area contributed by atoms with E-state index in [1.165, 1.54) is 25.7 Å². The van der Waals surface area contributed by atoms with Gasteiger partial charge in [-0.2, -0.15) is 0 Å². The molecule has 1 heterocycles. The first-order valence-electron chi connectivity index (χ1n) is 6.65. The lowest BCUT2D eigenvalue weighted by atomic mass is 10.1. The largest absolute Gasteiger partial charge is 0.301 e. The fourth-order valence-corrected chi connectivity index (χ4v) is 3.61. The van der Waals surface area contributed by atoms with E-state index < -0.39 is 0 Å². The predicted octanol–water partition coefficient (Wildman–Crippen LogP) is 3.47. The third-order valence-corrected chi connectivity index (χ3v) is 4.59. The van der Waals surface area contributed by atoms with Crippen LogP contribution in [0.25, 0.3) is 11.3 Å². The highest BCUT2D eigenvalue weighted by Gasteiger charge is 2.17. The van der Waals surface area contributed by atoms with Crippen molar-refractivity contribution < 1.29 is 0 Å². The molecule has 0 radical (unpaired) electrons. The maximum atomic E-state index is 11.7. The van der Waals surface area contributed by atoms with Crippen molar-refractivity contribution in [1.29, 1.82) is 0 Å². The number of benzene rings is 1. The van der Waals surface area contributed by atoms with Crippen LogP contribution in [-0.2, 0) is 0 Å². The zero-order valence-electron chi connectivity index (χ0n) is 10.6. The molecular formula is C15H16N2OS. The topological polar surface area (TPSA) is 45.8 Å². The van der Waals surface area contributed by atoms with E-state index in [0.29, 0.717) is 5.25 Å². The van der Waals surface area contributed by atoms with Gasteiger partial charge in [0.25, 0.3) is 5.56 Å². The number of aromatic nitrogens is 2. The molecule has 0 amide bonds. The van der Waals surface area contributed by atoms with Crippen molar-refractivity contribution in [2.24, 2.45) is 0 Å². The van der Waals surface area contributed by atoms with Crippen LogP contribution in [0, 0.1) is 0 Å². The Hall–Kier alpha value is -1.55. The van der Waals surface area contributed by atoms with Crippen molar-refractivity contribution >= 4 is 11.8 Å². The second-order valence-corrected chi connectivity index (χ2v) is 6.12. The number of hydrogen-bond donors (Lipinski definition) is 1. The summed E-state index contributed by atoms with van der Waals surface area (Å²) in [5, 5.41) is 1.35. The Bertz CT molecular complexity index is 603. The van der Waals surface area contributed by atoms with Crippen molar-refractivity contribution in [3.05, 3.63) is 46.8 Å². The molecule has 1 aliphatic rings. The van der Waals surface area contributed by atoms with Crippen molar-refractivity contribution in [2.45, 2.75) is 36.1 Å². The van der Waals surface area contributed by atoms with Gasteiger partial charge in [0.2, 0.25) is 0 Å². The van der Waals surface area contributed by atoms with E-state index in [2.05, 4.69) is 9.97 Å². The lowest BCUT2D eigenvalue weighted by Gasteiger charge is -2.08. The fourth-order valence-electron chi connectivity index (χ4n) is 2.41. The average Bonchev–Trinajstić information content (AvgIpc) is 2.92. The molecule has 4 heteroatoms. The van der Waals surface area contributed by atoms with Gasteiger partial charge in [-0.25, -0.2) is 4.98 Å². The van der Waals surface area contributed by atoms with E-state index in [1.807, 2.05) is 30.3 Å². The summed E-state index contributed by atoms with van der Waals surface area (Å²) < 4.78 is 0. The van der Waals surface area contributed by atoms with Gasteiger partial charge in [-0.15, -0.1) is 0 Å². The summed E-state index contributed by atoms with van der Waals surface area (Å²) in [5.74, 6) is 0. The molecule has 0 unspecified atom stereocenters. The van der Waals surface area contributed by atoms with Gasteiger partial charge in [0, 0.05) is 16.9 Å². The van der Waals surface area contributed by atoms with E-state index in [-0.39, 0.29) is 5.56 Å². The summed E-state index contributed by atoms with van der Waals surface area (Å²) >= 11 is 1.71. The Morgan fingerprint density at radius 1 is 1.16 bits per heavy atom. The van der Waals surface area contributed by atoms with Crippen LogP contribution in [-0.4, -0.2) is 15.2 Å². The van der Waals surface area contributed by atoms with Gasteiger partial charge in [-0.3, -0.25) is 4.79 Å². The smallest absolute Gasteiger partial charge is 0.252 e. The minimum atomic E-state index is -0.0747. The normalized spacial score (nSPS) is 15.8. The third kappa shape index (κ3) is 3.07. The molecule has 1 aliphatic carbocycles. The highest BCUT2D eigenvalue weighted by atomic mass is 32.2. The maximum Gasteiger partial charge on any atom is 0.252 e. The fraction of sp³-hybridized carbons (Fsp3) is 0.333. The van der Waals surface area contributed by atoms with Crippen LogP contribution < -0.4 is 5.56 Å². The Morgan fingerprint density at radius 3 is 2.63 bits per heavy atom. The molecule has 19 heavy (non-hydrogen) atoms. The number of rotatable bonds is 3. The number of hydrogen-bond acceptors (Lipinski definition) is 3. The molecule has 0 saturated heterocycles. The number of aromatic amines is 1. The van der Waals surface area contributed by atoms with Crippen LogP contribution in [0.15, 0.2) is 46.3 Å². The second-order valence-electron chi connectivity index (χ2n) is 4.83. The summed E-state index contributed by atoms with van der Waals surface area (Å²) in [6.45, 7) is 0. The molecular weight excluding hydrogens is 256 g/mol. The first kappa shape index (κ1) is 12.5. The van der Waals surface area contributed by atoms with Gasteiger partial charge in [0.1, 0.15) is 0 Å². The summed E-state index contributed by atoms with van der Waals surface area (Å²) in [6.07, 6.45) is 5.04. The molecule has 0 atom stereocenters. The Balaban J connectivity index is 1.89. The standard InChI is InChI=1S/C15H16N2OS/c18-14-10-13(11-6-2-1-3-7-11)16-15(17-14)19-12-8-4-5-9-12/h1-3,6-7,10,12H,4-5,8-9H2,(H,16,17,18). The van der Waals surface area contributed by atoms with Crippen LogP contribution in [0.5, 0.6) is 0 Å². The van der Waals surface area contributed by atoms with Gasteiger partial charge >= 0.3 is 0 Å². The molecule has 3 nitrogen and oxygen atoms in total. The summed E-state index contributed by atoms with van der Waals surface area (Å²) in [5.41, 5.74) is 1.67. The molecule has 1 aromatic heterocycles. The zero-order chi connectivity index (χ0) is 13.1. The molecule has 2 aromatic rings. The SMILES string of the molecule is O=c1cc(-c2ccccc2)nc(SC2CCCC2)[nH]1. The van der Waals surface area contributed by atoms with E-state index >= 15 is 0 Å². The Kier molecular flexibility index (Phi) is 3.69. The van der Waals surface area contributed by atoms with E-state index in [4.69, 9.17) is 0 Å². The number of nitrogens with zero attached hydrogens (tertiary/aromatic N) is 1. The summed E-state index contributed by atoms with van der Waals surface area (Å²) in [7, 11) is 0. The predicted molar refractivity (Wildman–Crippen MR) is 78.4 cm³/mol. The molecule has 98 valence electrons. The lowest BCUT2D eigenvalue weighted by Crippen LogP contribution is -2.09. The van der Waals surface area contributed by atoms with Gasteiger partial charge in [-0.1, -0.05) is 54.9 Å². The number of thioether (sulfide) groups is 1. The average molecular weight is 272 g/mol. The van der Waals surface area contributed by atoms with E-state index in [9.17, 15) is 4.79 Å². The summed E-state index contributed by atoms with van der Waals surface area (Å²) in [4.78, 5) is 19.2. The Morgan fingerprint density at radius 2 is 1.89 bits per heavy atom. The van der Waals surface area contributed by atoms with Crippen molar-refractivity contribution in [2.75, 3.05) is 0 Å². The minimum absolute atomic E-state index is 0.0747. The highest BCUT2D eigenvalue weighted by molar-refractivity contribution is 7.99. The van der Waals surface area contributed by atoms with Crippen molar-refractivity contribution in [3.8, 4) is 11.3 Å². The van der Waals surface area contributed by atoms with Gasteiger partial charge in [0.05, 0.1) is 5.69 Å². The molecule has 0 spiro atoms. The van der Waals surface area contributed by atoms with Crippen molar-refractivity contribution in [3.63, 3.8) is 0 Å². The highest BCUT2D eigenvalue weighted by Crippen LogP contribution is 2.33. The number of nitrogens with one attached hydrogen (secondary N) is 1. The quantitative estimate of drug-likeness (QED) is 0.870. The van der Waals surface area contributed by atoms with Gasteiger partial charge in [0.15, 0.2) is 5.16 Å². The molecule has 3 rings (SSSR count). The van der Waals surface area contributed by atoms with E-state index in [0.717, 1.165) is 16.4 Å². The molecule has 0 aliphatic heterocycles. The molecule has 1 aromatic carbocycles. The van der Waals surface area contributed by atoms with Crippen LogP contribution in [0.2, 0.25) is 0 Å². The third-order valence-electron chi connectivity index (χ3n) is 3.37. The van der Waals surface area contributed by atoms with E-state index in [1.54, 1.807) is 17.8 Å². The van der Waals surface area contributed by atoms with Crippen LogP contribution in [0.1, 0.15) is 25.7 Å². The van der Waals surface area contributed by atoms with Crippen molar-refractivity contribution in [1.82, 2.24) is 9.97 Å². The number of H-pyrrole nitrogens is 1. The molecule has 0 bridgehead atoms. The molecule has 1 N–H and O–H groups in total. The van der Waals surface area contributed by atoms with Crippen LogP contribution in [0.4, 0.5) is 0 Å². The lowest BCUT2D eigenvalue weighted by molar-refractivity contribution is 0.879. The molecule has 1 saturated carbocycles.